The Morgan fingerprint density at radius 1 is 1.32 bits per heavy atom. The lowest BCUT2D eigenvalue weighted by Crippen LogP contribution is -2.63. The number of thiophene rings is 1. The number of carboxylic acid groups (broad SMARTS) is 2. The van der Waals surface area contributed by atoms with Gasteiger partial charge in [0.05, 0.1) is 18.1 Å². The first-order valence-corrected chi connectivity index (χ1v) is 11.8. The van der Waals surface area contributed by atoms with Gasteiger partial charge in [-0.1, -0.05) is 6.92 Å². The number of thioether (sulfide) groups is 1. The highest BCUT2D eigenvalue weighted by Crippen LogP contribution is 2.51. The summed E-state index contributed by atoms with van der Waals surface area (Å²) in [5.74, 6) is -3.09. The number of aliphatic carboxylic acids is 1. The van der Waals surface area contributed by atoms with E-state index < -0.39 is 24.0 Å². The van der Waals surface area contributed by atoms with E-state index in [1.807, 2.05) is 13.0 Å². The molecule has 2 fully saturated rings. The molecular weight excluding hydrogens is 442 g/mol. The predicted molar refractivity (Wildman–Crippen MR) is 116 cm³/mol. The van der Waals surface area contributed by atoms with E-state index in [-0.39, 0.29) is 28.8 Å². The van der Waals surface area contributed by atoms with Gasteiger partial charge in [0.15, 0.2) is 0 Å². The number of aliphatic hydroxyl groups is 1. The standard InChI is InChI=1S/C20H25N3O6S2/c1-9-15-14(10(2)24)18(25)23(15)16(20(28)29)17(9)31-12-5-21-8-22(7-12)6-11-3-4-13(30-11)19(26)27/h3-4,9-10,12,14-15,21,24H,5-8H2,1-2H3,(H,26,27)(H,28,29)/t9-,10-,12?,14-,15?/m1/s1. The van der Waals surface area contributed by atoms with Crippen molar-refractivity contribution in [3.05, 3.63) is 32.5 Å². The topological polar surface area (TPSA) is 130 Å². The van der Waals surface area contributed by atoms with Crippen molar-refractivity contribution in [1.82, 2.24) is 15.1 Å². The number of hydrogen-bond acceptors (Lipinski definition) is 8. The normalized spacial score (nSPS) is 29.6. The van der Waals surface area contributed by atoms with E-state index in [9.17, 15) is 24.6 Å². The lowest BCUT2D eigenvalue weighted by atomic mass is 9.79. The van der Waals surface area contributed by atoms with Crippen molar-refractivity contribution in [3.8, 4) is 0 Å². The molecule has 1 aromatic heterocycles. The number of carbonyl (C=O) groups excluding carboxylic acids is 1. The number of carboxylic acids is 2. The summed E-state index contributed by atoms with van der Waals surface area (Å²) in [6.45, 7) is 6.17. The maximum absolute atomic E-state index is 12.5. The number of fused-ring (bicyclic) bond motifs is 1. The van der Waals surface area contributed by atoms with Crippen molar-refractivity contribution in [1.29, 1.82) is 0 Å². The molecule has 3 aliphatic rings. The number of aliphatic hydroxyl groups excluding tert-OH is 1. The molecule has 0 radical (unpaired) electrons. The van der Waals surface area contributed by atoms with Crippen molar-refractivity contribution in [2.24, 2.45) is 11.8 Å². The first kappa shape index (κ1) is 22.3. The summed E-state index contributed by atoms with van der Waals surface area (Å²) in [7, 11) is 0. The molecule has 4 rings (SSSR count). The van der Waals surface area contributed by atoms with E-state index in [1.165, 1.54) is 28.0 Å². The van der Waals surface area contributed by atoms with E-state index in [0.717, 1.165) is 4.88 Å². The van der Waals surface area contributed by atoms with E-state index in [1.54, 1.807) is 13.0 Å². The van der Waals surface area contributed by atoms with Gasteiger partial charge in [0, 0.05) is 47.3 Å². The Balaban J connectivity index is 1.47. The van der Waals surface area contributed by atoms with Gasteiger partial charge in [0.1, 0.15) is 10.6 Å². The molecule has 0 aliphatic carbocycles. The molecule has 0 saturated carbocycles. The molecule has 5 atom stereocenters. The molecule has 2 saturated heterocycles. The van der Waals surface area contributed by atoms with Crippen LogP contribution in [0.2, 0.25) is 0 Å². The maximum atomic E-state index is 12.5. The number of hydrogen-bond donors (Lipinski definition) is 4. The molecule has 0 spiro atoms. The minimum absolute atomic E-state index is 0.0471. The van der Waals surface area contributed by atoms with E-state index in [4.69, 9.17) is 5.11 Å². The van der Waals surface area contributed by atoms with Crippen molar-refractivity contribution in [3.63, 3.8) is 0 Å². The summed E-state index contributed by atoms with van der Waals surface area (Å²) >= 11 is 2.74. The fourth-order valence-electron chi connectivity index (χ4n) is 4.66. The highest BCUT2D eigenvalue weighted by atomic mass is 32.2. The third kappa shape index (κ3) is 4.00. The van der Waals surface area contributed by atoms with Gasteiger partial charge in [-0.25, -0.2) is 9.59 Å². The smallest absolute Gasteiger partial charge is 0.353 e. The lowest BCUT2D eigenvalue weighted by molar-refractivity contribution is -0.163. The molecule has 0 bridgehead atoms. The zero-order valence-electron chi connectivity index (χ0n) is 17.1. The van der Waals surface area contributed by atoms with Gasteiger partial charge in [0.2, 0.25) is 5.91 Å². The largest absolute Gasteiger partial charge is 0.477 e. The van der Waals surface area contributed by atoms with Crippen molar-refractivity contribution >= 4 is 40.9 Å². The summed E-state index contributed by atoms with van der Waals surface area (Å²) in [5, 5.41) is 32.3. The van der Waals surface area contributed by atoms with Crippen molar-refractivity contribution in [2.75, 3.05) is 19.8 Å². The van der Waals surface area contributed by atoms with Gasteiger partial charge in [-0.15, -0.1) is 23.1 Å². The summed E-state index contributed by atoms with van der Waals surface area (Å²) in [5.41, 5.74) is 0.0471. The summed E-state index contributed by atoms with van der Waals surface area (Å²) in [4.78, 5) is 41.0. The summed E-state index contributed by atoms with van der Waals surface area (Å²) < 4.78 is 0. The van der Waals surface area contributed by atoms with Gasteiger partial charge < -0.3 is 25.5 Å². The molecular formula is C20H25N3O6S2. The van der Waals surface area contributed by atoms with Gasteiger partial charge in [-0.3, -0.25) is 9.69 Å². The van der Waals surface area contributed by atoms with Crippen molar-refractivity contribution in [2.45, 2.75) is 37.8 Å². The maximum Gasteiger partial charge on any atom is 0.353 e. The van der Waals surface area contributed by atoms with Crippen LogP contribution in [0.3, 0.4) is 0 Å². The van der Waals surface area contributed by atoms with Crippen LogP contribution in [0, 0.1) is 11.8 Å². The first-order valence-electron chi connectivity index (χ1n) is 10.1. The van der Waals surface area contributed by atoms with Crippen LogP contribution in [0.25, 0.3) is 0 Å². The average molecular weight is 468 g/mol. The average Bonchev–Trinajstić information content (AvgIpc) is 3.24. The minimum atomic E-state index is -1.12. The molecule has 11 heteroatoms. The van der Waals surface area contributed by atoms with Crippen LogP contribution in [-0.2, 0) is 16.1 Å². The second-order valence-electron chi connectivity index (χ2n) is 8.21. The molecule has 9 nitrogen and oxygen atoms in total. The van der Waals surface area contributed by atoms with Gasteiger partial charge in [0.25, 0.3) is 0 Å². The number of carbonyl (C=O) groups is 3. The number of amides is 1. The third-order valence-corrected chi connectivity index (χ3v) is 8.55. The van der Waals surface area contributed by atoms with Crippen molar-refractivity contribution < 1.29 is 29.7 Å². The Morgan fingerprint density at radius 2 is 2.06 bits per heavy atom. The van der Waals surface area contributed by atoms with Crippen LogP contribution in [0.1, 0.15) is 28.4 Å². The highest BCUT2D eigenvalue weighted by molar-refractivity contribution is 8.03. The number of rotatable bonds is 7. The van der Waals surface area contributed by atoms with Crippen LogP contribution < -0.4 is 5.32 Å². The predicted octanol–water partition coefficient (Wildman–Crippen LogP) is 1.06. The van der Waals surface area contributed by atoms with Crippen LogP contribution in [0.15, 0.2) is 22.7 Å². The molecule has 3 aliphatic heterocycles. The van der Waals surface area contributed by atoms with Crippen LogP contribution in [-0.4, -0.2) is 80.1 Å². The molecule has 168 valence electrons. The number of nitrogens with one attached hydrogen (secondary N) is 1. The van der Waals surface area contributed by atoms with E-state index in [0.29, 0.717) is 36.1 Å². The number of nitrogens with zero attached hydrogens (tertiary/aromatic N) is 2. The second-order valence-corrected chi connectivity index (χ2v) is 10.7. The molecule has 4 N–H and O–H groups in total. The quantitative estimate of drug-likeness (QED) is 0.435. The number of aromatic carboxylic acids is 1. The fraction of sp³-hybridized carbons (Fsp3) is 0.550. The monoisotopic (exact) mass is 467 g/mol. The molecule has 2 unspecified atom stereocenters. The minimum Gasteiger partial charge on any atom is -0.477 e. The number of β-lactam (4-membered cyclic amide) rings is 1. The van der Waals surface area contributed by atoms with Crippen LogP contribution in [0.4, 0.5) is 0 Å². The SMILES string of the molecule is C[C@H]1C(SC2CNCN(Cc3ccc(C(=O)O)s3)C2)=C(C(=O)O)N2C(=O)[C@H]([C@@H](C)O)C12. The molecule has 1 aromatic rings. The fourth-order valence-corrected chi connectivity index (χ4v) is 7.04. The summed E-state index contributed by atoms with van der Waals surface area (Å²) in [6, 6.07) is 3.12. The zero-order chi connectivity index (χ0) is 22.4. The van der Waals surface area contributed by atoms with Crippen LogP contribution >= 0.6 is 23.1 Å². The first-order chi connectivity index (χ1) is 14.7. The van der Waals surface area contributed by atoms with E-state index in [2.05, 4.69) is 10.2 Å². The molecule has 1 amide bonds. The van der Waals surface area contributed by atoms with E-state index >= 15 is 0 Å². The Kier molecular flexibility index (Phi) is 6.14. The molecule has 31 heavy (non-hydrogen) atoms. The van der Waals surface area contributed by atoms with Gasteiger partial charge in [-0.2, -0.15) is 0 Å². The van der Waals surface area contributed by atoms with Gasteiger partial charge >= 0.3 is 11.9 Å². The Bertz CT molecular complexity index is 945. The van der Waals surface area contributed by atoms with Crippen LogP contribution in [0.5, 0.6) is 0 Å². The zero-order valence-corrected chi connectivity index (χ0v) is 18.8. The Labute approximate surface area is 187 Å². The van der Waals surface area contributed by atoms with Gasteiger partial charge in [-0.05, 0) is 19.1 Å². The molecule has 4 heterocycles. The lowest BCUT2D eigenvalue weighted by Gasteiger charge is -2.46. The summed E-state index contributed by atoms with van der Waals surface area (Å²) in [6.07, 6.45) is -0.816. The third-order valence-electron chi connectivity index (χ3n) is 6.03. The Hall–Kier alpha value is -1.92. The molecule has 0 aromatic carbocycles. The highest BCUT2D eigenvalue weighted by Gasteiger charge is 2.60. The second kappa shape index (κ2) is 8.55. The Morgan fingerprint density at radius 3 is 2.68 bits per heavy atom.